The van der Waals surface area contributed by atoms with Crippen molar-refractivity contribution in [3.05, 3.63) is 59.3 Å². The van der Waals surface area contributed by atoms with Crippen LogP contribution in [0.1, 0.15) is 24.1 Å². The Labute approximate surface area is 158 Å². The van der Waals surface area contributed by atoms with Gasteiger partial charge in [0.05, 0.1) is 5.60 Å². The minimum absolute atomic E-state index is 0.117. The van der Waals surface area contributed by atoms with Crippen LogP contribution in [0.4, 0.5) is 27.8 Å². The predicted octanol–water partition coefficient (Wildman–Crippen LogP) is 4.20. The summed E-state index contributed by atoms with van der Waals surface area (Å²) in [5.74, 6) is -1.72. The van der Waals surface area contributed by atoms with Crippen LogP contribution >= 0.6 is 0 Å². The van der Waals surface area contributed by atoms with Crippen molar-refractivity contribution in [1.29, 1.82) is 0 Å². The summed E-state index contributed by atoms with van der Waals surface area (Å²) in [6.07, 6.45) is -3.10. The number of benzene rings is 1. The van der Waals surface area contributed by atoms with Gasteiger partial charge in [0.1, 0.15) is 11.5 Å². The van der Waals surface area contributed by atoms with Crippen molar-refractivity contribution in [2.75, 3.05) is 18.0 Å². The van der Waals surface area contributed by atoms with Gasteiger partial charge in [-0.05, 0) is 48.6 Å². The molecule has 8 heteroatoms. The largest absolute Gasteiger partial charge is 0.433 e. The van der Waals surface area contributed by atoms with Crippen LogP contribution in [-0.2, 0) is 12.6 Å². The maximum absolute atomic E-state index is 13.5. The number of hydrogen-bond acceptors (Lipinski definition) is 3. The highest BCUT2D eigenvalue weighted by atomic mass is 19.4. The molecule has 150 valence electrons. The Bertz CT molecular complexity index is 887. The zero-order valence-electron chi connectivity index (χ0n) is 14.9. The van der Waals surface area contributed by atoms with Gasteiger partial charge in [-0.2, -0.15) is 13.2 Å². The SMILES string of the molecule is O[C@]1(Cc2ccc(F)c(F)c2)CC[C@@H]2CN(c3cccc(C(F)(F)F)n3)C[C@@H]21. The van der Waals surface area contributed by atoms with Gasteiger partial charge in [-0.3, -0.25) is 0 Å². The lowest BCUT2D eigenvalue weighted by Gasteiger charge is -2.30. The van der Waals surface area contributed by atoms with Crippen LogP contribution in [0, 0.1) is 23.5 Å². The van der Waals surface area contributed by atoms with Crippen molar-refractivity contribution >= 4 is 5.82 Å². The first-order chi connectivity index (χ1) is 13.2. The standard InChI is InChI=1S/C20H19F5N2O/c21-15-5-4-12(8-16(15)22)9-19(28)7-6-13-10-27(11-14(13)19)18-3-1-2-17(26-18)20(23,24)25/h1-5,8,13-14,28H,6-7,9-11H2/t13-,14+,19+/m1/s1. The number of rotatable bonds is 3. The Morgan fingerprint density at radius 3 is 2.61 bits per heavy atom. The summed E-state index contributed by atoms with van der Waals surface area (Å²) in [5, 5.41) is 11.2. The quantitative estimate of drug-likeness (QED) is 0.788. The molecule has 1 N–H and O–H groups in total. The second-order valence-electron chi connectivity index (χ2n) is 7.72. The van der Waals surface area contributed by atoms with Gasteiger partial charge >= 0.3 is 6.18 Å². The second-order valence-corrected chi connectivity index (χ2v) is 7.72. The van der Waals surface area contributed by atoms with Crippen LogP contribution in [0.2, 0.25) is 0 Å². The molecular weight excluding hydrogens is 379 g/mol. The van der Waals surface area contributed by atoms with E-state index in [9.17, 15) is 27.1 Å². The van der Waals surface area contributed by atoms with Crippen LogP contribution in [0.15, 0.2) is 36.4 Å². The molecule has 0 spiro atoms. The predicted molar refractivity (Wildman–Crippen MR) is 92.7 cm³/mol. The van der Waals surface area contributed by atoms with Gasteiger partial charge in [-0.25, -0.2) is 13.8 Å². The molecule has 0 bridgehead atoms. The van der Waals surface area contributed by atoms with E-state index < -0.39 is 29.1 Å². The van der Waals surface area contributed by atoms with Crippen molar-refractivity contribution in [3.8, 4) is 0 Å². The van der Waals surface area contributed by atoms with E-state index in [0.29, 0.717) is 25.1 Å². The molecule has 1 saturated heterocycles. The van der Waals surface area contributed by atoms with Crippen LogP contribution < -0.4 is 4.90 Å². The third kappa shape index (κ3) is 3.45. The van der Waals surface area contributed by atoms with E-state index in [0.717, 1.165) is 24.6 Å². The fourth-order valence-electron chi connectivity index (χ4n) is 4.56. The average Bonchev–Trinajstić information content (AvgIpc) is 3.19. The van der Waals surface area contributed by atoms with E-state index in [4.69, 9.17) is 0 Å². The molecule has 1 aliphatic carbocycles. The zero-order valence-corrected chi connectivity index (χ0v) is 14.9. The molecule has 2 heterocycles. The Kier molecular flexibility index (Phi) is 4.56. The molecule has 1 aliphatic heterocycles. The van der Waals surface area contributed by atoms with Gasteiger partial charge < -0.3 is 10.0 Å². The van der Waals surface area contributed by atoms with Crippen molar-refractivity contribution in [2.45, 2.75) is 31.0 Å². The normalized spacial score (nSPS) is 27.3. The smallest absolute Gasteiger partial charge is 0.389 e. The van der Waals surface area contributed by atoms with E-state index in [1.807, 2.05) is 0 Å². The molecule has 4 rings (SSSR count). The van der Waals surface area contributed by atoms with Crippen molar-refractivity contribution in [2.24, 2.45) is 11.8 Å². The van der Waals surface area contributed by atoms with E-state index in [1.54, 1.807) is 4.90 Å². The van der Waals surface area contributed by atoms with Crippen LogP contribution in [-0.4, -0.2) is 28.8 Å². The highest BCUT2D eigenvalue weighted by Gasteiger charge is 2.51. The fraction of sp³-hybridized carbons (Fsp3) is 0.450. The molecule has 1 aromatic heterocycles. The van der Waals surface area contributed by atoms with Gasteiger partial charge in [0, 0.05) is 25.4 Å². The number of aliphatic hydroxyl groups is 1. The lowest BCUT2D eigenvalue weighted by Crippen LogP contribution is -2.39. The molecule has 0 amide bonds. The summed E-state index contributed by atoms with van der Waals surface area (Å²) in [4.78, 5) is 5.50. The average molecular weight is 398 g/mol. The molecule has 2 aromatic rings. The third-order valence-corrected chi connectivity index (χ3v) is 5.92. The monoisotopic (exact) mass is 398 g/mol. The second kappa shape index (κ2) is 6.69. The number of hydrogen-bond donors (Lipinski definition) is 1. The van der Waals surface area contributed by atoms with Crippen LogP contribution in [0.5, 0.6) is 0 Å². The van der Waals surface area contributed by atoms with Gasteiger partial charge in [-0.15, -0.1) is 0 Å². The first-order valence-corrected chi connectivity index (χ1v) is 9.11. The van der Waals surface area contributed by atoms with Gasteiger partial charge in [0.25, 0.3) is 0 Å². The summed E-state index contributed by atoms with van der Waals surface area (Å²) < 4.78 is 65.4. The Hall–Kier alpha value is -2.22. The number of aromatic nitrogens is 1. The van der Waals surface area contributed by atoms with E-state index >= 15 is 0 Å². The molecule has 3 nitrogen and oxygen atoms in total. The van der Waals surface area contributed by atoms with E-state index in [-0.39, 0.29) is 24.1 Å². The summed E-state index contributed by atoms with van der Waals surface area (Å²) in [5.41, 5.74) is -1.55. The molecular formula is C20H19F5N2O. The lowest BCUT2D eigenvalue weighted by atomic mass is 9.83. The van der Waals surface area contributed by atoms with Crippen molar-refractivity contribution in [1.82, 2.24) is 4.98 Å². The molecule has 1 saturated carbocycles. The molecule has 0 radical (unpaired) electrons. The Morgan fingerprint density at radius 1 is 1.11 bits per heavy atom. The van der Waals surface area contributed by atoms with Crippen LogP contribution in [0.25, 0.3) is 0 Å². The molecule has 1 aromatic carbocycles. The van der Waals surface area contributed by atoms with Gasteiger partial charge in [0.2, 0.25) is 0 Å². The molecule has 28 heavy (non-hydrogen) atoms. The first kappa shape index (κ1) is 19.1. The Morgan fingerprint density at radius 2 is 1.89 bits per heavy atom. The maximum atomic E-state index is 13.5. The zero-order chi connectivity index (χ0) is 20.1. The third-order valence-electron chi connectivity index (χ3n) is 5.92. The molecule has 0 unspecified atom stereocenters. The minimum Gasteiger partial charge on any atom is -0.389 e. The highest BCUT2D eigenvalue weighted by molar-refractivity contribution is 5.42. The van der Waals surface area contributed by atoms with Crippen molar-refractivity contribution in [3.63, 3.8) is 0 Å². The maximum Gasteiger partial charge on any atom is 0.433 e. The van der Waals surface area contributed by atoms with Gasteiger partial charge in [0.15, 0.2) is 11.6 Å². The summed E-state index contributed by atoms with van der Waals surface area (Å²) in [7, 11) is 0. The first-order valence-electron chi connectivity index (χ1n) is 9.11. The topological polar surface area (TPSA) is 36.4 Å². The molecule has 3 atom stereocenters. The fourth-order valence-corrected chi connectivity index (χ4v) is 4.56. The van der Waals surface area contributed by atoms with Crippen LogP contribution in [0.3, 0.4) is 0 Å². The number of alkyl halides is 3. The Balaban J connectivity index is 1.53. The number of nitrogens with zero attached hydrogens (tertiary/aromatic N) is 2. The lowest BCUT2D eigenvalue weighted by molar-refractivity contribution is -0.141. The number of halogens is 5. The van der Waals surface area contributed by atoms with E-state index in [2.05, 4.69) is 4.98 Å². The number of pyridine rings is 1. The molecule has 2 aliphatic rings. The summed E-state index contributed by atoms with van der Waals surface area (Å²) >= 11 is 0. The van der Waals surface area contributed by atoms with E-state index in [1.165, 1.54) is 18.2 Å². The number of fused-ring (bicyclic) bond motifs is 1. The molecule has 2 fully saturated rings. The minimum atomic E-state index is -4.51. The highest BCUT2D eigenvalue weighted by Crippen LogP contribution is 2.47. The van der Waals surface area contributed by atoms with Crippen molar-refractivity contribution < 1.29 is 27.1 Å². The summed E-state index contributed by atoms with van der Waals surface area (Å²) in [6, 6.07) is 7.36. The van der Waals surface area contributed by atoms with Gasteiger partial charge in [-0.1, -0.05) is 12.1 Å². The summed E-state index contributed by atoms with van der Waals surface area (Å²) in [6.45, 7) is 0.887. The number of anilines is 1.